The fourth-order valence-electron chi connectivity index (χ4n) is 1.20. The molecule has 2 aromatic rings. The molecule has 0 saturated heterocycles. The standard InChI is InChI=1S/C9H8F3N3O/c10-9(11,12)5-13-4-7-15-8-6(16-7)2-1-3-14-8/h1-3,13H,4-5H2. The van der Waals surface area contributed by atoms with Gasteiger partial charge in [0.15, 0.2) is 11.2 Å². The highest BCUT2D eigenvalue weighted by Crippen LogP contribution is 2.14. The first-order valence-electron chi connectivity index (χ1n) is 4.52. The van der Waals surface area contributed by atoms with Crippen molar-refractivity contribution in [2.24, 2.45) is 0 Å². The summed E-state index contributed by atoms with van der Waals surface area (Å²) in [4.78, 5) is 7.83. The van der Waals surface area contributed by atoms with Crippen LogP contribution in [0.5, 0.6) is 0 Å². The second-order valence-electron chi connectivity index (χ2n) is 3.15. The van der Waals surface area contributed by atoms with Gasteiger partial charge in [-0.15, -0.1) is 0 Å². The van der Waals surface area contributed by atoms with Gasteiger partial charge in [0, 0.05) is 6.20 Å². The summed E-state index contributed by atoms with van der Waals surface area (Å²) in [5.41, 5.74) is 0.859. The number of oxazole rings is 1. The number of alkyl halides is 3. The van der Waals surface area contributed by atoms with Crippen molar-refractivity contribution < 1.29 is 17.6 Å². The van der Waals surface area contributed by atoms with Crippen molar-refractivity contribution in [3.8, 4) is 0 Å². The molecular weight excluding hydrogens is 223 g/mol. The van der Waals surface area contributed by atoms with Gasteiger partial charge >= 0.3 is 6.18 Å². The quantitative estimate of drug-likeness (QED) is 0.876. The van der Waals surface area contributed by atoms with Crippen molar-refractivity contribution in [3.63, 3.8) is 0 Å². The number of hydrogen-bond donors (Lipinski definition) is 1. The van der Waals surface area contributed by atoms with E-state index in [1.165, 1.54) is 6.20 Å². The van der Waals surface area contributed by atoms with Gasteiger partial charge < -0.3 is 9.73 Å². The zero-order valence-electron chi connectivity index (χ0n) is 8.08. The molecule has 0 spiro atoms. The Labute approximate surface area is 88.5 Å². The first kappa shape index (κ1) is 10.9. The molecule has 2 rings (SSSR count). The minimum absolute atomic E-state index is 0.0735. The van der Waals surface area contributed by atoms with Crippen molar-refractivity contribution >= 4 is 11.2 Å². The van der Waals surface area contributed by atoms with Crippen LogP contribution >= 0.6 is 0 Å². The molecule has 4 nitrogen and oxygen atoms in total. The normalized spacial score (nSPS) is 12.2. The summed E-state index contributed by atoms with van der Waals surface area (Å²) in [5, 5.41) is 2.19. The monoisotopic (exact) mass is 231 g/mol. The van der Waals surface area contributed by atoms with E-state index in [0.29, 0.717) is 11.2 Å². The molecule has 16 heavy (non-hydrogen) atoms. The minimum atomic E-state index is -4.23. The number of nitrogens with one attached hydrogen (secondary N) is 1. The Balaban J connectivity index is 2.00. The molecule has 0 atom stereocenters. The second kappa shape index (κ2) is 4.09. The topological polar surface area (TPSA) is 51.0 Å². The molecule has 0 aliphatic rings. The number of pyridine rings is 1. The first-order chi connectivity index (χ1) is 7.54. The number of hydrogen-bond acceptors (Lipinski definition) is 4. The molecule has 7 heteroatoms. The zero-order chi connectivity index (χ0) is 11.6. The van der Waals surface area contributed by atoms with Gasteiger partial charge in [-0.3, -0.25) is 0 Å². The lowest BCUT2D eigenvalue weighted by Crippen LogP contribution is -2.28. The maximum Gasteiger partial charge on any atom is 0.401 e. The van der Waals surface area contributed by atoms with Crippen LogP contribution in [0.2, 0.25) is 0 Å². The SMILES string of the molecule is FC(F)(F)CNCc1nc2ncccc2o1. The third-order valence-corrected chi connectivity index (χ3v) is 1.81. The van der Waals surface area contributed by atoms with E-state index in [2.05, 4.69) is 15.3 Å². The number of fused-ring (bicyclic) bond motifs is 1. The summed E-state index contributed by atoms with van der Waals surface area (Å²) >= 11 is 0. The molecule has 0 fully saturated rings. The smallest absolute Gasteiger partial charge is 0.401 e. The second-order valence-corrected chi connectivity index (χ2v) is 3.15. The van der Waals surface area contributed by atoms with Gasteiger partial charge in [0.05, 0.1) is 13.1 Å². The summed E-state index contributed by atoms with van der Waals surface area (Å²) in [6, 6.07) is 3.32. The van der Waals surface area contributed by atoms with Crippen molar-refractivity contribution in [2.45, 2.75) is 12.7 Å². The number of halogens is 3. The van der Waals surface area contributed by atoms with Crippen molar-refractivity contribution in [2.75, 3.05) is 6.54 Å². The number of rotatable bonds is 3. The summed E-state index contributed by atoms with van der Waals surface area (Å²) < 4.78 is 40.7. The Morgan fingerprint density at radius 3 is 2.88 bits per heavy atom. The van der Waals surface area contributed by atoms with E-state index >= 15 is 0 Å². The van der Waals surface area contributed by atoms with Crippen molar-refractivity contribution in [3.05, 3.63) is 24.2 Å². The molecule has 0 radical (unpaired) electrons. The van der Waals surface area contributed by atoms with E-state index < -0.39 is 12.7 Å². The van der Waals surface area contributed by atoms with Gasteiger partial charge in [-0.1, -0.05) is 0 Å². The van der Waals surface area contributed by atoms with Gasteiger partial charge in [-0.05, 0) is 12.1 Å². The fourth-order valence-corrected chi connectivity index (χ4v) is 1.20. The Kier molecular flexibility index (Phi) is 2.78. The lowest BCUT2D eigenvalue weighted by atomic mass is 10.5. The van der Waals surface area contributed by atoms with Crippen molar-refractivity contribution in [1.82, 2.24) is 15.3 Å². The van der Waals surface area contributed by atoms with Crippen LogP contribution in [0.3, 0.4) is 0 Å². The Bertz CT molecular complexity index is 447. The van der Waals surface area contributed by atoms with E-state index in [9.17, 15) is 13.2 Å². The predicted molar refractivity (Wildman–Crippen MR) is 49.6 cm³/mol. The summed E-state index contributed by atoms with van der Waals surface area (Å²) in [5.74, 6) is 0.193. The van der Waals surface area contributed by atoms with Crippen LogP contribution in [0, 0.1) is 0 Å². The molecular formula is C9H8F3N3O. The highest BCUT2D eigenvalue weighted by atomic mass is 19.4. The van der Waals surface area contributed by atoms with Gasteiger partial charge in [-0.2, -0.15) is 18.2 Å². The Morgan fingerprint density at radius 2 is 2.19 bits per heavy atom. The summed E-state index contributed by atoms with van der Waals surface area (Å²) in [6.07, 6.45) is -2.69. The molecule has 0 unspecified atom stereocenters. The van der Waals surface area contributed by atoms with E-state index in [1.807, 2.05) is 0 Å². The molecule has 2 heterocycles. The molecule has 0 aliphatic carbocycles. The molecule has 1 N–H and O–H groups in total. The number of aromatic nitrogens is 2. The third-order valence-electron chi connectivity index (χ3n) is 1.81. The Morgan fingerprint density at radius 1 is 1.38 bits per heavy atom. The first-order valence-corrected chi connectivity index (χ1v) is 4.52. The average molecular weight is 231 g/mol. The van der Waals surface area contributed by atoms with Crippen LogP contribution in [0.4, 0.5) is 13.2 Å². The van der Waals surface area contributed by atoms with Crippen molar-refractivity contribution in [1.29, 1.82) is 0 Å². The van der Waals surface area contributed by atoms with Gasteiger partial charge in [-0.25, -0.2) is 4.98 Å². The maximum absolute atomic E-state index is 11.8. The third kappa shape index (κ3) is 2.69. The molecule has 0 amide bonds. The van der Waals surface area contributed by atoms with Crippen LogP contribution in [0.1, 0.15) is 5.89 Å². The van der Waals surface area contributed by atoms with Crippen LogP contribution in [-0.2, 0) is 6.54 Å². The molecule has 2 aromatic heterocycles. The van der Waals surface area contributed by atoms with Crippen LogP contribution in [-0.4, -0.2) is 22.7 Å². The van der Waals surface area contributed by atoms with Crippen LogP contribution < -0.4 is 5.32 Å². The fraction of sp³-hybridized carbons (Fsp3) is 0.333. The maximum atomic E-state index is 11.8. The Hall–Kier alpha value is -1.63. The molecule has 86 valence electrons. The van der Waals surface area contributed by atoms with E-state index in [0.717, 1.165) is 0 Å². The largest absolute Gasteiger partial charge is 0.438 e. The molecule has 0 aliphatic heterocycles. The van der Waals surface area contributed by atoms with Gasteiger partial charge in [0.1, 0.15) is 0 Å². The zero-order valence-corrected chi connectivity index (χ0v) is 8.08. The lowest BCUT2D eigenvalue weighted by molar-refractivity contribution is -0.125. The highest BCUT2D eigenvalue weighted by molar-refractivity contribution is 5.66. The molecule has 0 aromatic carbocycles. The van der Waals surface area contributed by atoms with Crippen LogP contribution in [0.25, 0.3) is 11.2 Å². The highest BCUT2D eigenvalue weighted by Gasteiger charge is 2.26. The van der Waals surface area contributed by atoms with E-state index in [4.69, 9.17) is 4.42 Å². The summed E-state index contributed by atoms with van der Waals surface area (Å²) in [7, 11) is 0. The van der Waals surface area contributed by atoms with Gasteiger partial charge in [0.2, 0.25) is 5.89 Å². The van der Waals surface area contributed by atoms with E-state index in [-0.39, 0.29) is 12.4 Å². The molecule has 0 saturated carbocycles. The molecule has 0 bridgehead atoms. The van der Waals surface area contributed by atoms with Gasteiger partial charge in [0.25, 0.3) is 0 Å². The minimum Gasteiger partial charge on any atom is -0.438 e. The predicted octanol–water partition coefficient (Wildman–Crippen LogP) is 1.87. The van der Waals surface area contributed by atoms with Crippen LogP contribution in [0.15, 0.2) is 22.7 Å². The van der Waals surface area contributed by atoms with E-state index in [1.54, 1.807) is 12.1 Å². The summed E-state index contributed by atoms with van der Waals surface area (Å²) in [6.45, 7) is -1.14. The average Bonchev–Trinajstić information content (AvgIpc) is 2.57. The number of nitrogens with zero attached hydrogens (tertiary/aromatic N) is 2. The lowest BCUT2D eigenvalue weighted by Gasteiger charge is -2.05.